The molecule has 6 atom stereocenters. The molecule has 0 aliphatic heterocycles. The Hall–Kier alpha value is -2.22. The monoisotopic (exact) mass is 798 g/mol. The molecule has 1 aliphatic rings. The maximum absolute atomic E-state index is 12.7. The number of carbonyl (C=O) groups excluding carboxylic acids is 1. The molecule has 0 aromatic carbocycles. The molecule has 0 aromatic heterocycles. The van der Waals surface area contributed by atoms with Crippen molar-refractivity contribution in [2.75, 3.05) is 19.8 Å². The molecule has 1 rings (SSSR count). The smallest absolute Gasteiger partial charge is 0.457 e. The Morgan fingerprint density at radius 2 is 1.05 bits per heavy atom. The van der Waals surface area contributed by atoms with Crippen LogP contribution in [0, 0.1) is 0 Å². The van der Waals surface area contributed by atoms with Gasteiger partial charge in [0.15, 0.2) is 0 Å². The lowest BCUT2D eigenvalue weighted by atomic mass is 9.85. The fraction of sp³-hybridized carbons (Fsp3) is 0.690. The number of hydrogen-bond donors (Lipinski definition) is 6. The normalized spacial score (nSPS) is 24.0. The summed E-state index contributed by atoms with van der Waals surface area (Å²) in [4.78, 5) is 22.9. The van der Waals surface area contributed by atoms with Gasteiger partial charge in [-0.15, -0.1) is 0 Å². The summed E-state index contributed by atoms with van der Waals surface area (Å²) in [5, 5.41) is 49.9. The number of phosphoric ester groups is 1. The van der Waals surface area contributed by atoms with Crippen LogP contribution >= 0.6 is 7.82 Å². The molecule has 0 amide bonds. The van der Waals surface area contributed by atoms with E-state index in [0.717, 1.165) is 64.2 Å². The van der Waals surface area contributed by atoms with E-state index in [1.807, 2.05) is 0 Å². The van der Waals surface area contributed by atoms with Crippen molar-refractivity contribution in [1.29, 1.82) is 0 Å². The predicted molar refractivity (Wildman–Crippen MR) is 216 cm³/mol. The minimum absolute atomic E-state index is 0.120. The number of unbranched alkanes of at least 4 members (excludes halogenated alkanes) is 8. The van der Waals surface area contributed by atoms with E-state index >= 15 is 0 Å². The summed E-state index contributed by atoms with van der Waals surface area (Å²) < 4.78 is 33.9. The summed E-state index contributed by atoms with van der Waals surface area (Å²) in [6, 6.07) is 0. The quantitative estimate of drug-likeness (QED) is 0.0173. The molecule has 6 unspecified atom stereocenters. The van der Waals surface area contributed by atoms with Crippen LogP contribution in [0.25, 0.3) is 0 Å². The van der Waals surface area contributed by atoms with Crippen LogP contribution in [0.15, 0.2) is 72.9 Å². The largest absolute Gasteiger partial charge is 0.472 e. The molecule has 55 heavy (non-hydrogen) atoms. The van der Waals surface area contributed by atoms with Gasteiger partial charge in [0.2, 0.25) is 0 Å². The lowest BCUT2D eigenvalue weighted by Crippen LogP contribution is -2.64. The molecule has 12 nitrogen and oxygen atoms in total. The van der Waals surface area contributed by atoms with Crippen molar-refractivity contribution >= 4 is 13.8 Å². The van der Waals surface area contributed by atoms with Crippen molar-refractivity contribution in [3.63, 3.8) is 0 Å². The summed E-state index contributed by atoms with van der Waals surface area (Å²) in [5.74, 6) is -0.506. The molecule has 0 spiro atoms. The van der Waals surface area contributed by atoms with Crippen molar-refractivity contribution in [1.82, 2.24) is 0 Å². The summed E-state index contributed by atoms with van der Waals surface area (Å²) in [6.45, 7) is 3.92. The zero-order valence-corrected chi connectivity index (χ0v) is 34.1. The fourth-order valence-corrected chi connectivity index (χ4v) is 6.58. The van der Waals surface area contributed by atoms with Crippen LogP contribution in [-0.4, -0.2) is 98.9 Å². The second kappa shape index (κ2) is 32.8. The van der Waals surface area contributed by atoms with E-state index in [2.05, 4.69) is 86.8 Å². The standard InChI is InChI=1S/C42H71O12P/c1-3-5-7-9-11-13-14-15-16-17-18-19-20-21-22-23-24-26-28-30-32-51-33-35(53-36(43)31-29-27-25-12-10-8-6-4-2)34-52-55(49,50)54-42-40(47)38(45)37(44)39(46)41(42)48/h5,7,11,13,15-16,18-19,21-22,24,26,35,37-42,44-48H,3-4,6,8-10,12,14,17,20,23,25,27-34H2,1-2H3,(H,49,50)/b7-5-,13-11-,16-15-,19-18-,22-21-,26-24-. The third-order valence-corrected chi connectivity index (χ3v) is 9.83. The van der Waals surface area contributed by atoms with Gasteiger partial charge in [-0.2, -0.15) is 0 Å². The van der Waals surface area contributed by atoms with E-state index in [1.165, 1.54) is 25.7 Å². The minimum atomic E-state index is -5.03. The summed E-state index contributed by atoms with van der Waals surface area (Å²) in [6.07, 6.45) is 28.7. The van der Waals surface area contributed by atoms with Gasteiger partial charge in [0.05, 0.1) is 13.2 Å². The highest BCUT2D eigenvalue weighted by Gasteiger charge is 2.51. The molecule has 0 heterocycles. The second-order valence-corrected chi connectivity index (χ2v) is 15.2. The number of allylic oxidation sites excluding steroid dienone is 12. The fourth-order valence-electron chi connectivity index (χ4n) is 5.60. The van der Waals surface area contributed by atoms with Gasteiger partial charge in [-0.1, -0.05) is 132 Å². The van der Waals surface area contributed by atoms with Crippen molar-refractivity contribution in [2.45, 2.75) is 166 Å². The van der Waals surface area contributed by atoms with Crippen LogP contribution in [0.4, 0.5) is 0 Å². The first-order valence-corrected chi connectivity index (χ1v) is 21.8. The van der Waals surface area contributed by atoms with Crippen LogP contribution in [0.2, 0.25) is 0 Å². The van der Waals surface area contributed by atoms with Gasteiger partial charge >= 0.3 is 13.8 Å². The number of esters is 1. The van der Waals surface area contributed by atoms with Crippen molar-refractivity contribution in [2.24, 2.45) is 0 Å². The Bertz CT molecular complexity index is 1180. The highest BCUT2D eigenvalue weighted by molar-refractivity contribution is 7.47. The summed E-state index contributed by atoms with van der Waals surface area (Å²) >= 11 is 0. The summed E-state index contributed by atoms with van der Waals surface area (Å²) in [5.41, 5.74) is 0. The van der Waals surface area contributed by atoms with Crippen molar-refractivity contribution in [3.05, 3.63) is 72.9 Å². The average molecular weight is 799 g/mol. The maximum Gasteiger partial charge on any atom is 0.472 e. The lowest BCUT2D eigenvalue weighted by Gasteiger charge is -2.41. The molecule has 0 radical (unpaired) electrons. The Kier molecular flexibility index (Phi) is 30.3. The van der Waals surface area contributed by atoms with E-state index in [0.29, 0.717) is 19.4 Å². The highest BCUT2D eigenvalue weighted by atomic mass is 31.2. The first-order valence-electron chi connectivity index (χ1n) is 20.3. The molecule has 0 saturated heterocycles. The molecule has 1 aliphatic carbocycles. The van der Waals surface area contributed by atoms with Gasteiger partial charge in [0.1, 0.15) is 42.7 Å². The van der Waals surface area contributed by atoms with Gasteiger partial charge in [-0.3, -0.25) is 13.8 Å². The van der Waals surface area contributed by atoms with E-state index in [1.54, 1.807) is 0 Å². The zero-order chi connectivity index (χ0) is 40.6. The highest BCUT2D eigenvalue weighted by Crippen LogP contribution is 2.47. The Morgan fingerprint density at radius 1 is 0.600 bits per heavy atom. The molecule has 1 saturated carbocycles. The van der Waals surface area contributed by atoms with Gasteiger partial charge in [0, 0.05) is 13.0 Å². The average Bonchev–Trinajstić information content (AvgIpc) is 3.17. The molecular weight excluding hydrogens is 727 g/mol. The number of carbonyl (C=O) groups is 1. The number of rotatable bonds is 32. The maximum atomic E-state index is 12.7. The van der Waals surface area contributed by atoms with E-state index in [-0.39, 0.29) is 13.0 Å². The van der Waals surface area contributed by atoms with Crippen molar-refractivity contribution in [3.8, 4) is 0 Å². The molecule has 6 N–H and O–H groups in total. The number of hydrogen-bond acceptors (Lipinski definition) is 11. The molecule has 1 fully saturated rings. The van der Waals surface area contributed by atoms with E-state index in [9.17, 15) is 39.8 Å². The Balaban J connectivity index is 2.46. The predicted octanol–water partition coefficient (Wildman–Crippen LogP) is 7.24. The van der Waals surface area contributed by atoms with Crippen LogP contribution in [0.5, 0.6) is 0 Å². The van der Waals surface area contributed by atoms with Gasteiger partial charge in [-0.25, -0.2) is 4.57 Å². The van der Waals surface area contributed by atoms with Crippen LogP contribution < -0.4 is 0 Å². The van der Waals surface area contributed by atoms with Gasteiger partial charge < -0.3 is 39.9 Å². The van der Waals surface area contributed by atoms with Crippen LogP contribution in [0.1, 0.15) is 123 Å². The summed E-state index contributed by atoms with van der Waals surface area (Å²) in [7, 11) is -5.03. The number of ether oxygens (including phenoxy) is 2. The Morgan fingerprint density at radius 3 is 1.56 bits per heavy atom. The first kappa shape index (κ1) is 50.8. The number of aliphatic hydroxyl groups is 5. The first-order chi connectivity index (χ1) is 26.5. The third kappa shape index (κ3) is 25.6. The molecular formula is C42H71O12P. The zero-order valence-electron chi connectivity index (χ0n) is 33.2. The van der Waals surface area contributed by atoms with Crippen LogP contribution in [-0.2, 0) is 27.9 Å². The molecule has 0 bridgehead atoms. The molecule has 316 valence electrons. The van der Waals surface area contributed by atoms with Gasteiger partial charge in [0.25, 0.3) is 0 Å². The number of aliphatic hydroxyl groups excluding tert-OH is 5. The van der Waals surface area contributed by atoms with Crippen molar-refractivity contribution < 1.29 is 58.3 Å². The van der Waals surface area contributed by atoms with E-state index < -0.39 is 63.1 Å². The second-order valence-electron chi connectivity index (χ2n) is 13.8. The third-order valence-electron chi connectivity index (χ3n) is 8.84. The van der Waals surface area contributed by atoms with E-state index in [4.69, 9.17) is 18.5 Å². The van der Waals surface area contributed by atoms with Crippen LogP contribution in [0.3, 0.4) is 0 Å². The minimum Gasteiger partial charge on any atom is -0.457 e. The number of phosphoric acid groups is 1. The lowest BCUT2D eigenvalue weighted by molar-refractivity contribution is -0.220. The van der Waals surface area contributed by atoms with Gasteiger partial charge in [-0.05, 0) is 57.8 Å². The SMILES string of the molecule is CC/C=C\C/C=C\C/C=C\C/C=C\C/C=C\C/C=C\CCCOCC(COP(=O)(O)OC1C(O)C(O)C(O)C(O)C1O)OC(=O)CCCCCCCCCC. The molecule has 13 heteroatoms. The Labute approximate surface area is 329 Å². The topological polar surface area (TPSA) is 192 Å². The molecule has 0 aromatic rings.